The quantitative estimate of drug-likeness (QED) is 0.450. The second-order valence-electron chi connectivity index (χ2n) is 9.19. The average Bonchev–Trinajstić information content (AvgIpc) is 2.89. The summed E-state index contributed by atoms with van der Waals surface area (Å²) >= 11 is 0. The summed E-state index contributed by atoms with van der Waals surface area (Å²) < 4.78 is 5.20. The lowest BCUT2D eigenvalue weighted by atomic mass is 10.0. The minimum atomic E-state index is -0.433. The molecule has 0 atom stereocenters. The summed E-state index contributed by atoms with van der Waals surface area (Å²) in [4.78, 5) is 30.8. The van der Waals surface area contributed by atoms with Gasteiger partial charge in [0, 0.05) is 12.0 Å². The molecule has 36 heavy (non-hydrogen) atoms. The number of hydrogen-bond donors (Lipinski definition) is 1. The Labute approximate surface area is 212 Å². The second kappa shape index (κ2) is 11.5. The summed E-state index contributed by atoms with van der Waals surface area (Å²) in [5.41, 5.74) is 6.89. The van der Waals surface area contributed by atoms with E-state index in [2.05, 4.69) is 48.5 Å². The van der Waals surface area contributed by atoms with Gasteiger partial charge in [-0.25, -0.2) is 10.0 Å². The van der Waals surface area contributed by atoms with Crippen molar-refractivity contribution in [1.82, 2.24) is 10.4 Å². The number of amidine groups is 1. The van der Waals surface area contributed by atoms with E-state index in [1.165, 1.54) is 10.6 Å². The summed E-state index contributed by atoms with van der Waals surface area (Å²) in [6, 6.07) is 25.1. The normalized spacial score (nSPS) is 14.6. The van der Waals surface area contributed by atoms with Crippen molar-refractivity contribution >= 4 is 23.7 Å². The largest absolute Gasteiger partial charge is 0.497 e. The van der Waals surface area contributed by atoms with Crippen molar-refractivity contribution in [3.8, 4) is 5.75 Å². The number of carbonyl (C=O) groups excluding carboxylic acids is 2. The van der Waals surface area contributed by atoms with E-state index in [0.717, 1.165) is 28.9 Å². The first-order valence-electron chi connectivity index (χ1n) is 12.1. The molecule has 0 radical (unpaired) electrons. The Bertz CT molecular complexity index is 1260. The van der Waals surface area contributed by atoms with Crippen LogP contribution >= 0.6 is 0 Å². The van der Waals surface area contributed by atoms with E-state index in [9.17, 15) is 9.59 Å². The predicted molar refractivity (Wildman–Crippen MR) is 142 cm³/mol. The Morgan fingerprint density at radius 1 is 0.972 bits per heavy atom. The minimum Gasteiger partial charge on any atom is -0.497 e. The number of nitrogens with one attached hydrogen (secondary N) is 1. The van der Waals surface area contributed by atoms with Crippen LogP contribution in [0, 0.1) is 5.92 Å². The van der Waals surface area contributed by atoms with Crippen LogP contribution in [0.5, 0.6) is 5.75 Å². The third kappa shape index (κ3) is 6.27. The van der Waals surface area contributed by atoms with Gasteiger partial charge in [-0.15, -0.1) is 0 Å². The molecule has 2 amide bonds. The fourth-order valence-corrected chi connectivity index (χ4v) is 4.02. The lowest BCUT2D eigenvalue weighted by Crippen LogP contribution is -2.53. The van der Waals surface area contributed by atoms with Crippen LogP contribution in [0.25, 0.3) is 6.08 Å². The first-order chi connectivity index (χ1) is 17.4. The van der Waals surface area contributed by atoms with Crippen LogP contribution in [0.1, 0.15) is 42.5 Å². The molecule has 1 heterocycles. The molecule has 0 aliphatic carbocycles. The molecule has 184 valence electrons. The van der Waals surface area contributed by atoms with E-state index in [0.29, 0.717) is 18.2 Å². The number of hydrazine groups is 1. The molecule has 0 aromatic heterocycles. The molecule has 0 saturated heterocycles. The fraction of sp³-hybridized carbons (Fsp3) is 0.233. The van der Waals surface area contributed by atoms with E-state index in [1.807, 2.05) is 54.6 Å². The van der Waals surface area contributed by atoms with Crippen molar-refractivity contribution in [1.29, 1.82) is 0 Å². The van der Waals surface area contributed by atoms with Gasteiger partial charge in [-0.2, -0.15) is 0 Å². The van der Waals surface area contributed by atoms with Crippen LogP contribution in [0.3, 0.4) is 0 Å². The van der Waals surface area contributed by atoms with Gasteiger partial charge in [0.1, 0.15) is 11.4 Å². The number of benzene rings is 3. The fourth-order valence-electron chi connectivity index (χ4n) is 4.02. The zero-order chi connectivity index (χ0) is 25.5. The maximum atomic E-state index is 13.2. The Kier molecular flexibility index (Phi) is 7.95. The zero-order valence-electron chi connectivity index (χ0n) is 20.9. The van der Waals surface area contributed by atoms with Crippen LogP contribution < -0.4 is 10.2 Å². The summed E-state index contributed by atoms with van der Waals surface area (Å²) in [6.07, 6.45) is 3.54. The van der Waals surface area contributed by atoms with Crippen molar-refractivity contribution in [2.24, 2.45) is 10.9 Å². The molecule has 0 unspecified atom stereocenters. The van der Waals surface area contributed by atoms with Gasteiger partial charge in [-0.05, 0) is 53.7 Å². The molecule has 1 aliphatic rings. The molecule has 6 heteroatoms. The minimum absolute atomic E-state index is 0.222. The number of aliphatic imine (C=N–C) groups is 1. The molecule has 3 aromatic rings. The van der Waals surface area contributed by atoms with Crippen LogP contribution in [0.2, 0.25) is 0 Å². The molecule has 0 saturated carbocycles. The molecule has 0 spiro atoms. The van der Waals surface area contributed by atoms with Gasteiger partial charge < -0.3 is 4.74 Å². The number of rotatable bonds is 8. The van der Waals surface area contributed by atoms with Crippen molar-refractivity contribution in [3.05, 3.63) is 107 Å². The Morgan fingerprint density at radius 2 is 1.64 bits per heavy atom. The number of hydrogen-bond acceptors (Lipinski definition) is 4. The Balaban J connectivity index is 1.55. The van der Waals surface area contributed by atoms with Crippen LogP contribution in [-0.4, -0.2) is 29.8 Å². The highest BCUT2D eigenvalue weighted by Gasteiger charge is 2.29. The Hall–Kier alpha value is -4.19. The third-order valence-electron chi connectivity index (χ3n) is 5.88. The van der Waals surface area contributed by atoms with Gasteiger partial charge in [0.2, 0.25) is 5.91 Å². The van der Waals surface area contributed by atoms with E-state index >= 15 is 0 Å². The summed E-state index contributed by atoms with van der Waals surface area (Å²) in [7, 11) is 1.60. The highest BCUT2D eigenvalue weighted by molar-refractivity contribution is 6.15. The van der Waals surface area contributed by atoms with Crippen molar-refractivity contribution in [3.63, 3.8) is 0 Å². The second-order valence-corrected chi connectivity index (χ2v) is 9.19. The SMILES string of the molecule is COc1ccc(/C=C2/N=C(c3ccccc3)N(C(=O)CCc3ccc(CC(C)C)cc3)NC2=O)cc1. The zero-order valence-corrected chi connectivity index (χ0v) is 20.9. The first kappa shape index (κ1) is 24.9. The monoisotopic (exact) mass is 481 g/mol. The third-order valence-corrected chi connectivity index (χ3v) is 5.88. The molecular weight excluding hydrogens is 450 g/mol. The highest BCUT2D eigenvalue weighted by atomic mass is 16.5. The van der Waals surface area contributed by atoms with Crippen LogP contribution in [0.15, 0.2) is 89.6 Å². The summed E-state index contributed by atoms with van der Waals surface area (Å²) in [5, 5.41) is 1.27. The lowest BCUT2D eigenvalue weighted by Gasteiger charge is -2.29. The molecule has 0 fully saturated rings. The molecule has 4 rings (SSSR count). The summed E-state index contributed by atoms with van der Waals surface area (Å²) in [6.45, 7) is 4.39. The number of amides is 2. The van der Waals surface area contributed by atoms with Gasteiger partial charge in [-0.3, -0.25) is 15.0 Å². The number of carbonyl (C=O) groups is 2. The first-order valence-corrected chi connectivity index (χ1v) is 12.1. The maximum Gasteiger partial charge on any atom is 0.288 e. The lowest BCUT2D eigenvalue weighted by molar-refractivity contribution is -0.135. The highest BCUT2D eigenvalue weighted by Crippen LogP contribution is 2.20. The van der Waals surface area contributed by atoms with Crippen molar-refractivity contribution in [2.75, 3.05) is 7.11 Å². The summed E-state index contributed by atoms with van der Waals surface area (Å²) in [5.74, 6) is 1.06. The topological polar surface area (TPSA) is 71.0 Å². The van der Waals surface area contributed by atoms with Gasteiger partial charge >= 0.3 is 0 Å². The standard InChI is InChI=1S/C30H31N3O3/c1-21(2)19-23-11-9-22(10-12-23)15-18-28(34)33-29(25-7-5-4-6-8-25)31-27(30(35)32-33)20-24-13-16-26(36-3)17-14-24/h4-14,16-17,20-21H,15,18-19H2,1-3H3,(H,32,35)/b27-20+. The van der Waals surface area contributed by atoms with Gasteiger partial charge in [-0.1, -0.05) is 80.6 Å². The van der Waals surface area contributed by atoms with E-state index in [4.69, 9.17) is 4.74 Å². The van der Waals surface area contributed by atoms with E-state index in [-0.39, 0.29) is 18.0 Å². The van der Waals surface area contributed by atoms with Gasteiger partial charge in [0.15, 0.2) is 5.84 Å². The number of aryl methyl sites for hydroxylation is 1. The van der Waals surface area contributed by atoms with Gasteiger partial charge in [0.25, 0.3) is 5.91 Å². The Morgan fingerprint density at radius 3 is 2.28 bits per heavy atom. The number of methoxy groups -OCH3 is 1. The van der Waals surface area contributed by atoms with Crippen LogP contribution in [0.4, 0.5) is 0 Å². The molecule has 1 N–H and O–H groups in total. The smallest absolute Gasteiger partial charge is 0.288 e. The molecule has 6 nitrogen and oxygen atoms in total. The number of ether oxygens (including phenoxy) is 1. The maximum absolute atomic E-state index is 13.2. The predicted octanol–water partition coefficient (Wildman–Crippen LogP) is 5.19. The number of nitrogens with zero attached hydrogens (tertiary/aromatic N) is 2. The van der Waals surface area contributed by atoms with E-state index in [1.54, 1.807) is 13.2 Å². The molecule has 1 aliphatic heterocycles. The molecule has 3 aromatic carbocycles. The average molecular weight is 482 g/mol. The van der Waals surface area contributed by atoms with Crippen LogP contribution in [-0.2, 0) is 22.4 Å². The molecular formula is C30H31N3O3. The van der Waals surface area contributed by atoms with E-state index < -0.39 is 5.91 Å². The molecule has 0 bridgehead atoms. The van der Waals surface area contributed by atoms with Crippen molar-refractivity contribution < 1.29 is 14.3 Å². The van der Waals surface area contributed by atoms with Crippen molar-refractivity contribution in [2.45, 2.75) is 33.1 Å². The van der Waals surface area contributed by atoms with Gasteiger partial charge in [0.05, 0.1) is 7.11 Å².